The quantitative estimate of drug-likeness (QED) is 0.783. The fourth-order valence-electron chi connectivity index (χ4n) is 3.46. The van der Waals surface area contributed by atoms with Gasteiger partial charge in [0.1, 0.15) is 11.1 Å². The van der Waals surface area contributed by atoms with Gasteiger partial charge in [-0.2, -0.15) is 0 Å². The van der Waals surface area contributed by atoms with Crippen LogP contribution in [0, 0.1) is 11.8 Å². The van der Waals surface area contributed by atoms with Crippen LogP contribution < -0.4 is 16.1 Å². The minimum absolute atomic E-state index is 0.0258. The van der Waals surface area contributed by atoms with Crippen LogP contribution in [0.1, 0.15) is 73.6 Å². The lowest BCUT2D eigenvalue weighted by atomic mass is 9.89. The predicted molar refractivity (Wildman–Crippen MR) is 102 cm³/mol. The molecule has 0 unspecified atom stereocenters. The van der Waals surface area contributed by atoms with E-state index < -0.39 is 11.3 Å². The summed E-state index contributed by atoms with van der Waals surface area (Å²) >= 11 is 0. The second-order valence-electron chi connectivity index (χ2n) is 7.58. The fourth-order valence-corrected chi connectivity index (χ4v) is 3.46. The van der Waals surface area contributed by atoms with E-state index in [9.17, 15) is 14.4 Å². The molecule has 1 aromatic rings. The van der Waals surface area contributed by atoms with E-state index in [1.165, 1.54) is 19.3 Å². The van der Waals surface area contributed by atoms with Gasteiger partial charge in [-0.15, -0.1) is 0 Å². The molecule has 1 heterocycles. The molecule has 0 spiro atoms. The molecule has 2 rings (SSSR count). The number of aromatic nitrogens is 1. The molecule has 0 bridgehead atoms. The first-order chi connectivity index (χ1) is 12.4. The zero-order valence-electron chi connectivity index (χ0n) is 16.1. The number of nitrogens with zero attached hydrogens (tertiary/aromatic N) is 1. The Balaban J connectivity index is 2.23. The summed E-state index contributed by atoms with van der Waals surface area (Å²) in [4.78, 5) is 37.5. The maximum atomic E-state index is 12.7. The largest absolute Gasteiger partial charge is 0.352 e. The molecule has 6 heteroatoms. The van der Waals surface area contributed by atoms with Gasteiger partial charge < -0.3 is 15.2 Å². The Kier molecular flexibility index (Phi) is 7.42. The summed E-state index contributed by atoms with van der Waals surface area (Å²) in [5.41, 5.74) is -0.430. The fraction of sp³-hybridized carbons (Fsp3) is 0.650. The highest BCUT2D eigenvalue weighted by Crippen LogP contribution is 2.22. The minimum atomic E-state index is -0.503. The Labute approximate surface area is 155 Å². The maximum Gasteiger partial charge on any atom is 0.256 e. The lowest BCUT2D eigenvalue weighted by Gasteiger charge is -2.21. The van der Waals surface area contributed by atoms with Crippen molar-refractivity contribution >= 4 is 11.8 Å². The summed E-state index contributed by atoms with van der Waals surface area (Å²) in [7, 11) is 0. The van der Waals surface area contributed by atoms with Gasteiger partial charge in [0.2, 0.25) is 5.43 Å². The summed E-state index contributed by atoms with van der Waals surface area (Å²) in [6.45, 7) is 7.55. The maximum absolute atomic E-state index is 12.7. The van der Waals surface area contributed by atoms with Crippen LogP contribution in [0.5, 0.6) is 0 Å². The van der Waals surface area contributed by atoms with Crippen LogP contribution in [-0.2, 0) is 6.54 Å². The van der Waals surface area contributed by atoms with Gasteiger partial charge in [0.25, 0.3) is 11.8 Å². The number of nitrogens with one attached hydrogen (secondary N) is 2. The van der Waals surface area contributed by atoms with Gasteiger partial charge in [0.15, 0.2) is 0 Å². The Morgan fingerprint density at radius 1 is 1.08 bits per heavy atom. The zero-order valence-corrected chi connectivity index (χ0v) is 16.1. The molecule has 6 nitrogen and oxygen atoms in total. The van der Waals surface area contributed by atoms with Crippen LogP contribution in [0.25, 0.3) is 0 Å². The summed E-state index contributed by atoms with van der Waals surface area (Å²) in [5, 5.41) is 5.55. The Morgan fingerprint density at radius 3 is 2.19 bits per heavy atom. The number of rotatable bonds is 7. The van der Waals surface area contributed by atoms with E-state index in [-0.39, 0.29) is 17.0 Å². The summed E-state index contributed by atoms with van der Waals surface area (Å²) < 4.78 is 1.77. The second kappa shape index (κ2) is 9.55. The molecule has 0 aromatic carbocycles. The van der Waals surface area contributed by atoms with E-state index in [0.717, 1.165) is 12.8 Å². The van der Waals surface area contributed by atoms with E-state index in [0.29, 0.717) is 31.5 Å². The van der Waals surface area contributed by atoms with E-state index >= 15 is 0 Å². The van der Waals surface area contributed by atoms with Crippen molar-refractivity contribution in [2.45, 2.75) is 59.4 Å². The minimum Gasteiger partial charge on any atom is -0.352 e. The van der Waals surface area contributed by atoms with Crippen molar-refractivity contribution in [3.8, 4) is 0 Å². The Hall–Kier alpha value is -2.11. The molecule has 0 aliphatic heterocycles. The highest BCUT2D eigenvalue weighted by molar-refractivity contribution is 5.99. The number of pyridine rings is 1. The normalized spacial score (nSPS) is 15.1. The van der Waals surface area contributed by atoms with Gasteiger partial charge in [-0.25, -0.2) is 0 Å². The van der Waals surface area contributed by atoms with Crippen LogP contribution >= 0.6 is 0 Å². The van der Waals surface area contributed by atoms with Crippen molar-refractivity contribution in [3.05, 3.63) is 33.7 Å². The molecule has 0 atom stereocenters. The first-order valence-electron chi connectivity index (χ1n) is 9.72. The van der Waals surface area contributed by atoms with Gasteiger partial charge in [0.05, 0.1) is 0 Å². The third-order valence-corrected chi connectivity index (χ3v) is 4.76. The molecule has 1 aromatic heterocycles. The zero-order chi connectivity index (χ0) is 19.1. The molecule has 1 saturated carbocycles. The monoisotopic (exact) mass is 361 g/mol. The van der Waals surface area contributed by atoms with Gasteiger partial charge in [-0.3, -0.25) is 14.4 Å². The average molecular weight is 361 g/mol. The van der Waals surface area contributed by atoms with Crippen LogP contribution in [0.4, 0.5) is 0 Å². The van der Waals surface area contributed by atoms with E-state index in [2.05, 4.69) is 10.6 Å². The van der Waals surface area contributed by atoms with Crippen molar-refractivity contribution in [1.82, 2.24) is 15.2 Å². The van der Waals surface area contributed by atoms with Gasteiger partial charge in [0, 0.05) is 32.0 Å². The molecule has 1 aliphatic carbocycles. The smallest absolute Gasteiger partial charge is 0.256 e. The third-order valence-electron chi connectivity index (χ3n) is 4.76. The van der Waals surface area contributed by atoms with E-state index in [4.69, 9.17) is 0 Å². The van der Waals surface area contributed by atoms with Crippen molar-refractivity contribution in [2.24, 2.45) is 11.8 Å². The van der Waals surface area contributed by atoms with Crippen molar-refractivity contribution in [3.63, 3.8) is 0 Å². The lowest BCUT2D eigenvalue weighted by Crippen LogP contribution is -2.37. The molecule has 144 valence electrons. The predicted octanol–water partition coefficient (Wildman–Crippen LogP) is 2.56. The molecule has 0 saturated heterocycles. The molecule has 2 N–H and O–H groups in total. The number of hydrogen-bond acceptors (Lipinski definition) is 3. The molecule has 1 aliphatic rings. The second-order valence-corrected chi connectivity index (χ2v) is 7.58. The van der Waals surface area contributed by atoms with Crippen molar-refractivity contribution in [2.75, 3.05) is 13.1 Å². The van der Waals surface area contributed by atoms with Gasteiger partial charge >= 0.3 is 0 Å². The van der Waals surface area contributed by atoms with E-state index in [1.54, 1.807) is 23.9 Å². The lowest BCUT2D eigenvalue weighted by molar-refractivity contribution is 0.0941. The van der Waals surface area contributed by atoms with Crippen LogP contribution in [0.15, 0.2) is 17.2 Å². The number of carbonyl (C=O) groups is 2. The van der Waals surface area contributed by atoms with Crippen LogP contribution in [0.2, 0.25) is 0 Å². The number of carbonyl (C=O) groups excluding carboxylic acids is 2. The van der Waals surface area contributed by atoms with Gasteiger partial charge in [-0.1, -0.05) is 33.1 Å². The highest BCUT2D eigenvalue weighted by atomic mass is 16.2. The molecular weight excluding hydrogens is 330 g/mol. The number of amides is 2. The Bertz CT molecular complexity index is 688. The van der Waals surface area contributed by atoms with Crippen LogP contribution in [0.3, 0.4) is 0 Å². The molecular formula is C20H31N3O3. The van der Waals surface area contributed by atoms with Gasteiger partial charge in [-0.05, 0) is 31.6 Å². The average Bonchev–Trinajstić information content (AvgIpc) is 2.61. The third kappa shape index (κ3) is 5.44. The molecule has 26 heavy (non-hydrogen) atoms. The van der Waals surface area contributed by atoms with E-state index in [1.807, 2.05) is 13.8 Å². The highest BCUT2D eigenvalue weighted by Gasteiger charge is 2.20. The van der Waals surface area contributed by atoms with Crippen LogP contribution in [-0.4, -0.2) is 29.5 Å². The van der Waals surface area contributed by atoms with Crippen molar-refractivity contribution < 1.29 is 9.59 Å². The molecule has 0 radical (unpaired) electrons. The summed E-state index contributed by atoms with van der Waals surface area (Å²) in [6.07, 6.45) is 9.03. The topological polar surface area (TPSA) is 80.2 Å². The summed E-state index contributed by atoms with van der Waals surface area (Å²) in [6, 6.07) is 0. The Morgan fingerprint density at radius 2 is 1.65 bits per heavy atom. The standard InChI is InChI=1S/C20H31N3O3/c1-4-21-19(25)16-12-23(11-14(2)3)13-17(18(16)24)20(26)22-10-15-8-6-5-7-9-15/h12-15H,4-11H2,1-3H3,(H,21,25)(H,22,26). The SMILES string of the molecule is CCNC(=O)c1cn(CC(C)C)cc(C(=O)NCC2CCCCC2)c1=O. The first-order valence-corrected chi connectivity index (χ1v) is 9.72. The molecule has 2 amide bonds. The summed E-state index contributed by atoms with van der Waals surface area (Å²) in [5.74, 6) is -0.00364. The number of hydrogen-bond donors (Lipinski definition) is 2. The first kappa shape index (κ1) is 20.2. The molecule has 1 fully saturated rings. The van der Waals surface area contributed by atoms with Crippen molar-refractivity contribution in [1.29, 1.82) is 0 Å².